The van der Waals surface area contributed by atoms with E-state index in [1.807, 2.05) is 0 Å². The summed E-state index contributed by atoms with van der Waals surface area (Å²) in [5, 5.41) is 14.2. The average Bonchev–Trinajstić information content (AvgIpc) is 2.90. The Kier molecular flexibility index (Phi) is 8.11. The predicted octanol–water partition coefficient (Wildman–Crippen LogP) is 4.13. The van der Waals surface area contributed by atoms with E-state index in [4.69, 9.17) is 9.84 Å². The van der Waals surface area contributed by atoms with E-state index in [1.54, 1.807) is 0 Å². The quantitative estimate of drug-likeness (QED) is 0.269. The van der Waals surface area contributed by atoms with Crippen LogP contribution in [0.3, 0.4) is 0 Å². The topological polar surface area (TPSA) is 135 Å². The van der Waals surface area contributed by atoms with Crippen LogP contribution in [0.15, 0.2) is 42.9 Å². The van der Waals surface area contributed by atoms with Gasteiger partial charge >= 0.3 is 12.4 Å². The summed E-state index contributed by atoms with van der Waals surface area (Å²) in [4.78, 5) is 31.6. The number of nitrogens with one attached hydrogen (secondary N) is 2. The Hall–Kier alpha value is -4.44. The first-order valence-electron chi connectivity index (χ1n) is 11.3. The monoisotopic (exact) mass is 567 g/mol. The summed E-state index contributed by atoms with van der Waals surface area (Å²) in [7, 11) is 1.39. The number of nitrogens with zero attached hydrogens (tertiary/aromatic N) is 5. The van der Waals surface area contributed by atoms with Crippen molar-refractivity contribution in [3.05, 3.63) is 65.4 Å². The number of halogens is 6. The van der Waals surface area contributed by atoms with Crippen molar-refractivity contribution in [2.75, 3.05) is 25.6 Å². The fraction of sp³-hybridized carbons (Fsp3) is 0.250. The van der Waals surface area contributed by atoms with Gasteiger partial charge in [-0.05, 0) is 24.3 Å². The number of rotatable bonds is 8. The summed E-state index contributed by atoms with van der Waals surface area (Å²) in [5.41, 5.74) is -2.97. The maximum atomic E-state index is 14.0. The summed E-state index contributed by atoms with van der Waals surface area (Å²) in [6.45, 7) is -0.568. The molecule has 4 aromatic heterocycles. The van der Waals surface area contributed by atoms with Gasteiger partial charge in [0.05, 0.1) is 53.8 Å². The number of aromatic nitrogens is 5. The molecular formula is C24H19F6N7O3. The standard InChI is InChI=1S/C24H19F6N7O3/c1-40-11-13-7-17(36-19-10-32-18(9-33-19)24(28,29)30)14-2-3-16(37-21(14)35-13)20-15(23(25,26)27)6-12(8-34-20)22(39)31-4-5-38/h2-3,6-10,38H,4-5,11H2,1H3,(H,31,39)(H,33,35,36,37). The number of methoxy groups -OCH3 is 1. The van der Waals surface area contributed by atoms with Gasteiger partial charge in [0.1, 0.15) is 11.5 Å². The number of carbonyl (C=O) groups excluding carboxylic acids is 1. The van der Waals surface area contributed by atoms with E-state index in [9.17, 15) is 31.1 Å². The van der Waals surface area contributed by atoms with Gasteiger partial charge in [-0.1, -0.05) is 0 Å². The molecule has 0 saturated heterocycles. The van der Waals surface area contributed by atoms with E-state index in [-0.39, 0.29) is 41.6 Å². The Morgan fingerprint density at radius 1 is 0.975 bits per heavy atom. The number of hydrogen-bond donors (Lipinski definition) is 3. The molecule has 0 aliphatic rings. The molecule has 4 aromatic rings. The first-order chi connectivity index (χ1) is 18.9. The highest BCUT2D eigenvalue weighted by molar-refractivity contribution is 5.95. The van der Waals surface area contributed by atoms with Crippen LogP contribution in [0.1, 0.15) is 27.3 Å². The maximum Gasteiger partial charge on any atom is 0.434 e. The molecule has 4 heterocycles. The van der Waals surface area contributed by atoms with E-state index in [0.717, 1.165) is 12.4 Å². The number of amides is 1. The minimum atomic E-state index is -4.90. The van der Waals surface area contributed by atoms with Gasteiger partial charge in [0.2, 0.25) is 0 Å². The Morgan fingerprint density at radius 3 is 2.38 bits per heavy atom. The lowest BCUT2D eigenvalue weighted by atomic mass is 10.1. The number of hydrogen-bond acceptors (Lipinski definition) is 9. The zero-order chi connectivity index (χ0) is 29.1. The van der Waals surface area contributed by atoms with Crippen molar-refractivity contribution < 1.29 is 41.0 Å². The molecule has 0 aliphatic heterocycles. The number of aliphatic hydroxyl groups excluding tert-OH is 1. The fourth-order valence-corrected chi connectivity index (χ4v) is 3.57. The smallest absolute Gasteiger partial charge is 0.395 e. The first kappa shape index (κ1) is 28.6. The van der Waals surface area contributed by atoms with Gasteiger partial charge in [-0.15, -0.1) is 0 Å². The third-order valence-corrected chi connectivity index (χ3v) is 5.32. The molecule has 0 radical (unpaired) electrons. The van der Waals surface area contributed by atoms with E-state index >= 15 is 0 Å². The molecule has 40 heavy (non-hydrogen) atoms. The molecule has 0 aliphatic carbocycles. The van der Waals surface area contributed by atoms with Gasteiger partial charge in [-0.3, -0.25) is 9.78 Å². The Balaban J connectivity index is 1.77. The zero-order valence-electron chi connectivity index (χ0n) is 20.4. The molecule has 0 fully saturated rings. The highest BCUT2D eigenvalue weighted by Gasteiger charge is 2.36. The van der Waals surface area contributed by atoms with Gasteiger partial charge in [0, 0.05) is 25.2 Å². The molecule has 0 unspecified atom stereocenters. The van der Waals surface area contributed by atoms with Crippen LogP contribution in [0.2, 0.25) is 0 Å². The van der Waals surface area contributed by atoms with Gasteiger partial charge in [0.15, 0.2) is 11.3 Å². The molecule has 10 nitrogen and oxygen atoms in total. The summed E-state index contributed by atoms with van der Waals surface area (Å²) in [6.07, 6.45) is -7.19. The molecule has 16 heteroatoms. The predicted molar refractivity (Wildman–Crippen MR) is 128 cm³/mol. The second-order valence-electron chi connectivity index (χ2n) is 8.17. The van der Waals surface area contributed by atoms with Crippen LogP contribution >= 0.6 is 0 Å². The number of alkyl halides is 6. The number of pyridine rings is 3. The molecule has 0 bridgehead atoms. The van der Waals surface area contributed by atoms with Crippen molar-refractivity contribution in [2.45, 2.75) is 19.0 Å². The van der Waals surface area contributed by atoms with Crippen LogP contribution < -0.4 is 10.6 Å². The van der Waals surface area contributed by atoms with Gasteiger partial charge in [-0.2, -0.15) is 26.3 Å². The maximum absolute atomic E-state index is 14.0. The molecule has 0 atom stereocenters. The van der Waals surface area contributed by atoms with Crippen LogP contribution in [-0.2, 0) is 23.7 Å². The van der Waals surface area contributed by atoms with E-state index < -0.39 is 41.8 Å². The Bertz CT molecular complexity index is 1530. The van der Waals surface area contributed by atoms with Crippen molar-refractivity contribution in [2.24, 2.45) is 0 Å². The normalized spacial score (nSPS) is 12.0. The minimum Gasteiger partial charge on any atom is -0.395 e. The highest BCUT2D eigenvalue weighted by Crippen LogP contribution is 2.37. The molecule has 210 valence electrons. The van der Waals surface area contributed by atoms with Crippen LogP contribution in [-0.4, -0.2) is 56.2 Å². The summed E-state index contributed by atoms with van der Waals surface area (Å²) >= 11 is 0. The molecular weight excluding hydrogens is 548 g/mol. The second-order valence-corrected chi connectivity index (χ2v) is 8.17. The summed E-state index contributed by atoms with van der Waals surface area (Å²) < 4.78 is 85.4. The zero-order valence-corrected chi connectivity index (χ0v) is 20.4. The number of fused-ring (bicyclic) bond motifs is 1. The number of ether oxygens (including phenoxy) is 1. The largest absolute Gasteiger partial charge is 0.434 e. The van der Waals surface area contributed by atoms with E-state index in [1.165, 1.54) is 25.3 Å². The lowest BCUT2D eigenvalue weighted by Crippen LogP contribution is -2.27. The third kappa shape index (κ3) is 6.40. The molecule has 0 saturated carbocycles. The van der Waals surface area contributed by atoms with Gasteiger partial charge in [-0.25, -0.2) is 19.9 Å². The highest BCUT2D eigenvalue weighted by atomic mass is 19.4. The van der Waals surface area contributed by atoms with Crippen LogP contribution in [0.4, 0.5) is 37.8 Å². The minimum absolute atomic E-state index is 0.0150. The lowest BCUT2D eigenvalue weighted by molar-refractivity contribution is -0.141. The summed E-state index contributed by atoms with van der Waals surface area (Å²) in [6, 6.07) is 4.81. The van der Waals surface area contributed by atoms with Gasteiger partial charge < -0.3 is 20.5 Å². The first-order valence-corrected chi connectivity index (χ1v) is 11.3. The number of carbonyl (C=O) groups is 1. The van der Waals surface area contributed by atoms with Crippen molar-refractivity contribution in [3.63, 3.8) is 0 Å². The van der Waals surface area contributed by atoms with Crippen molar-refractivity contribution >= 4 is 28.4 Å². The molecule has 0 aromatic carbocycles. The lowest BCUT2D eigenvalue weighted by Gasteiger charge is -2.15. The molecule has 0 spiro atoms. The van der Waals surface area contributed by atoms with Crippen LogP contribution in [0, 0.1) is 0 Å². The molecule has 1 amide bonds. The van der Waals surface area contributed by atoms with Crippen LogP contribution in [0.25, 0.3) is 22.4 Å². The SMILES string of the molecule is COCc1cc(Nc2cnc(C(F)(F)F)cn2)c2ccc(-c3ncc(C(=O)NCCO)cc3C(F)(F)F)nc2n1. The van der Waals surface area contributed by atoms with Crippen LogP contribution in [0.5, 0.6) is 0 Å². The van der Waals surface area contributed by atoms with Crippen molar-refractivity contribution in [1.29, 1.82) is 0 Å². The second kappa shape index (κ2) is 11.4. The Labute approximate surface area is 221 Å². The fourth-order valence-electron chi connectivity index (χ4n) is 3.57. The number of anilines is 2. The molecule has 4 rings (SSSR count). The van der Waals surface area contributed by atoms with Crippen molar-refractivity contribution in [1.82, 2.24) is 30.2 Å². The molecule has 3 N–H and O–H groups in total. The van der Waals surface area contributed by atoms with Gasteiger partial charge in [0.25, 0.3) is 5.91 Å². The van der Waals surface area contributed by atoms with E-state index in [2.05, 4.69) is 35.6 Å². The van der Waals surface area contributed by atoms with E-state index in [0.29, 0.717) is 23.3 Å². The number of aliphatic hydroxyl groups is 1. The average molecular weight is 567 g/mol. The third-order valence-electron chi connectivity index (χ3n) is 5.32. The van der Waals surface area contributed by atoms with Crippen molar-refractivity contribution in [3.8, 4) is 11.4 Å². The Morgan fingerprint density at radius 2 is 1.75 bits per heavy atom. The summed E-state index contributed by atoms with van der Waals surface area (Å²) in [5.74, 6) is -0.887.